The average Bonchev–Trinajstić information content (AvgIpc) is 3.08. The molecule has 3 aromatic rings. The number of amides is 1. The lowest BCUT2D eigenvalue weighted by Crippen LogP contribution is -2.17. The third kappa shape index (κ3) is 3.20. The summed E-state index contributed by atoms with van der Waals surface area (Å²) in [5.41, 5.74) is 3.00. The Labute approximate surface area is 156 Å². The first-order chi connectivity index (χ1) is 12.7. The second kappa shape index (κ2) is 7.26. The van der Waals surface area contributed by atoms with Crippen molar-refractivity contribution in [3.63, 3.8) is 0 Å². The number of aryl methyl sites for hydroxylation is 1. The number of ketones is 1. The van der Waals surface area contributed by atoms with E-state index in [0.29, 0.717) is 16.0 Å². The molecule has 4 heteroatoms. The van der Waals surface area contributed by atoms with Gasteiger partial charge in [0, 0.05) is 16.1 Å². The van der Waals surface area contributed by atoms with Gasteiger partial charge in [0.25, 0.3) is 5.91 Å². The van der Waals surface area contributed by atoms with E-state index in [1.807, 2.05) is 48.5 Å². The minimum atomic E-state index is -0.185. The Morgan fingerprint density at radius 3 is 2.23 bits per heavy atom. The standard InChI is InChI=1S/C22H19NO2S/c24-20(15-9-3-1-4-10-15)21-19(17-13-7-8-14-18(17)26-21)22(25)23-16-11-5-2-6-12-16/h1-6,9-12H,7-8,13-14H2,(H,23,25). The van der Waals surface area contributed by atoms with E-state index in [9.17, 15) is 9.59 Å². The SMILES string of the molecule is O=C(c1ccccc1)c1sc2c(c1C(=O)Nc1ccccc1)CCCC2. The molecule has 0 saturated heterocycles. The van der Waals surface area contributed by atoms with Gasteiger partial charge in [-0.15, -0.1) is 11.3 Å². The number of benzene rings is 2. The van der Waals surface area contributed by atoms with Crippen molar-refractivity contribution in [3.05, 3.63) is 87.1 Å². The molecule has 2 aromatic carbocycles. The maximum Gasteiger partial charge on any atom is 0.257 e. The summed E-state index contributed by atoms with van der Waals surface area (Å²) in [6.07, 6.45) is 4.00. The highest BCUT2D eigenvalue weighted by Crippen LogP contribution is 2.36. The van der Waals surface area contributed by atoms with E-state index in [1.54, 1.807) is 12.1 Å². The van der Waals surface area contributed by atoms with Crippen LogP contribution in [-0.2, 0) is 12.8 Å². The van der Waals surface area contributed by atoms with Crippen LogP contribution < -0.4 is 5.32 Å². The molecule has 4 rings (SSSR count). The molecular weight excluding hydrogens is 342 g/mol. The lowest BCUT2D eigenvalue weighted by Gasteiger charge is -2.13. The second-order valence-corrected chi connectivity index (χ2v) is 7.54. The molecule has 0 bridgehead atoms. The molecule has 0 radical (unpaired) electrons. The molecule has 130 valence electrons. The van der Waals surface area contributed by atoms with Gasteiger partial charge in [0.05, 0.1) is 10.4 Å². The van der Waals surface area contributed by atoms with E-state index >= 15 is 0 Å². The molecule has 1 aromatic heterocycles. The molecule has 1 amide bonds. The normalized spacial score (nSPS) is 13.1. The van der Waals surface area contributed by atoms with Gasteiger partial charge in [0.15, 0.2) is 0 Å². The number of anilines is 1. The Morgan fingerprint density at radius 1 is 0.846 bits per heavy atom. The van der Waals surface area contributed by atoms with E-state index in [1.165, 1.54) is 16.2 Å². The van der Waals surface area contributed by atoms with E-state index in [4.69, 9.17) is 0 Å². The Kier molecular flexibility index (Phi) is 4.67. The molecule has 1 aliphatic carbocycles. The average molecular weight is 361 g/mol. The van der Waals surface area contributed by atoms with Crippen molar-refractivity contribution in [2.45, 2.75) is 25.7 Å². The number of hydrogen-bond donors (Lipinski definition) is 1. The Bertz CT molecular complexity index is 945. The first kappa shape index (κ1) is 16.7. The van der Waals surface area contributed by atoms with Gasteiger partial charge in [-0.2, -0.15) is 0 Å². The van der Waals surface area contributed by atoms with Gasteiger partial charge in [0.1, 0.15) is 0 Å². The largest absolute Gasteiger partial charge is 0.322 e. The fraction of sp³-hybridized carbons (Fsp3) is 0.182. The second-order valence-electron chi connectivity index (χ2n) is 6.43. The number of nitrogens with one attached hydrogen (secondary N) is 1. The van der Waals surface area contributed by atoms with Crippen LogP contribution in [0.15, 0.2) is 60.7 Å². The fourth-order valence-electron chi connectivity index (χ4n) is 3.40. The minimum Gasteiger partial charge on any atom is -0.322 e. The van der Waals surface area contributed by atoms with Crippen molar-refractivity contribution in [3.8, 4) is 0 Å². The molecule has 1 N–H and O–H groups in total. The van der Waals surface area contributed by atoms with Crippen LogP contribution in [0.3, 0.4) is 0 Å². The van der Waals surface area contributed by atoms with Crippen LogP contribution in [0.1, 0.15) is 48.9 Å². The zero-order valence-electron chi connectivity index (χ0n) is 14.3. The topological polar surface area (TPSA) is 46.2 Å². The molecule has 1 heterocycles. The van der Waals surface area contributed by atoms with Gasteiger partial charge in [0.2, 0.25) is 5.78 Å². The zero-order chi connectivity index (χ0) is 17.9. The summed E-state index contributed by atoms with van der Waals surface area (Å²) < 4.78 is 0. The van der Waals surface area contributed by atoms with Gasteiger partial charge in [-0.1, -0.05) is 48.5 Å². The van der Waals surface area contributed by atoms with Crippen molar-refractivity contribution < 1.29 is 9.59 Å². The lowest BCUT2D eigenvalue weighted by atomic mass is 9.93. The van der Waals surface area contributed by atoms with E-state index in [-0.39, 0.29) is 11.7 Å². The monoisotopic (exact) mass is 361 g/mol. The van der Waals surface area contributed by atoms with Gasteiger partial charge in [-0.05, 0) is 43.4 Å². The predicted octanol–water partition coefficient (Wildman–Crippen LogP) is 5.11. The van der Waals surface area contributed by atoms with Crippen LogP contribution in [0, 0.1) is 0 Å². The number of rotatable bonds is 4. The molecule has 0 aliphatic heterocycles. The van der Waals surface area contributed by atoms with E-state index in [2.05, 4.69) is 5.32 Å². The fourth-order valence-corrected chi connectivity index (χ4v) is 4.75. The predicted molar refractivity (Wildman–Crippen MR) is 105 cm³/mol. The summed E-state index contributed by atoms with van der Waals surface area (Å²) in [5.74, 6) is -0.252. The van der Waals surface area contributed by atoms with Crippen molar-refractivity contribution in [2.24, 2.45) is 0 Å². The van der Waals surface area contributed by atoms with E-state index < -0.39 is 0 Å². The minimum absolute atomic E-state index is 0.0665. The lowest BCUT2D eigenvalue weighted by molar-refractivity contribution is 0.0998. The highest BCUT2D eigenvalue weighted by molar-refractivity contribution is 7.14. The van der Waals surface area contributed by atoms with Crippen molar-refractivity contribution in [1.29, 1.82) is 0 Å². The molecule has 3 nitrogen and oxygen atoms in total. The molecule has 1 aliphatic rings. The van der Waals surface area contributed by atoms with Crippen molar-refractivity contribution in [1.82, 2.24) is 0 Å². The smallest absolute Gasteiger partial charge is 0.257 e. The van der Waals surface area contributed by atoms with E-state index in [0.717, 1.165) is 36.9 Å². The number of fused-ring (bicyclic) bond motifs is 1. The van der Waals surface area contributed by atoms with Crippen LogP contribution in [0.4, 0.5) is 5.69 Å². The van der Waals surface area contributed by atoms with Crippen molar-refractivity contribution in [2.75, 3.05) is 5.32 Å². The molecule has 0 atom stereocenters. The molecular formula is C22H19NO2S. The maximum atomic E-state index is 13.1. The van der Waals surface area contributed by atoms with Gasteiger partial charge in [-0.3, -0.25) is 9.59 Å². The molecule has 26 heavy (non-hydrogen) atoms. The molecule has 0 spiro atoms. The Balaban J connectivity index is 1.76. The highest BCUT2D eigenvalue weighted by atomic mass is 32.1. The van der Waals surface area contributed by atoms with Crippen LogP contribution in [0.5, 0.6) is 0 Å². The summed E-state index contributed by atoms with van der Waals surface area (Å²) >= 11 is 1.49. The van der Waals surface area contributed by atoms with Gasteiger partial charge in [-0.25, -0.2) is 0 Å². The van der Waals surface area contributed by atoms with Crippen LogP contribution in [-0.4, -0.2) is 11.7 Å². The first-order valence-electron chi connectivity index (χ1n) is 8.84. The first-order valence-corrected chi connectivity index (χ1v) is 9.66. The van der Waals surface area contributed by atoms with Gasteiger partial charge >= 0.3 is 0 Å². The van der Waals surface area contributed by atoms with Crippen LogP contribution in [0.25, 0.3) is 0 Å². The number of carbonyl (C=O) groups is 2. The summed E-state index contributed by atoms with van der Waals surface area (Å²) in [7, 11) is 0. The number of carbonyl (C=O) groups excluding carboxylic acids is 2. The van der Waals surface area contributed by atoms with Crippen LogP contribution >= 0.6 is 11.3 Å². The quantitative estimate of drug-likeness (QED) is 0.656. The molecule has 0 fully saturated rings. The molecule has 0 saturated carbocycles. The van der Waals surface area contributed by atoms with Crippen molar-refractivity contribution >= 4 is 28.7 Å². The summed E-state index contributed by atoms with van der Waals surface area (Å²) in [4.78, 5) is 27.9. The maximum absolute atomic E-state index is 13.1. The highest BCUT2D eigenvalue weighted by Gasteiger charge is 2.29. The Morgan fingerprint density at radius 2 is 1.50 bits per heavy atom. The Hall–Kier alpha value is -2.72. The third-order valence-corrected chi connectivity index (χ3v) is 5.96. The van der Waals surface area contributed by atoms with Gasteiger partial charge < -0.3 is 5.32 Å². The summed E-state index contributed by atoms with van der Waals surface area (Å²) in [6, 6.07) is 18.6. The summed E-state index contributed by atoms with van der Waals surface area (Å²) in [6.45, 7) is 0. The molecule has 0 unspecified atom stereocenters. The van der Waals surface area contributed by atoms with Crippen LogP contribution in [0.2, 0.25) is 0 Å². The number of para-hydroxylation sites is 1. The number of hydrogen-bond acceptors (Lipinski definition) is 3. The number of thiophene rings is 1. The third-order valence-electron chi connectivity index (χ3n) is 4.67. The zero-order valence-corrected chi connectivity index (χ0v) is 15.1. The summed E-state index contributed by atoms with van der Waals surface area (Å²) in [5, 5.41) is 2.96.